The first-order valence-electron chi connectivity index (χ1n) is 5.43. The standard InChI is InChI=1S/C11H19N3O/c1-5-8(3)11(15)12-10-7-9(4)13-14(10)6-2/h7-8H,5-6H2,1-4H3,(H,12,15). The van der Waals surface area contributed by atoms with Crippen molar-refractivity contribution < 1.29 is 4.79 Å². The molecule has 0 radical (unpaired) electrons. The lowest BCUT2D eigenvalue weighted by atomic mass is 10.1. The van der Waals surface area contributed by atoms with Gasteiger partial charge in [-0.2, -0.15) is 5.10 Å². The average molecular weight is 209 g/mol. The number of hydrogen-bond donors (Lipinski definition) is 1. The summed E-state index contributed by atoms with van der Waals surface area (Å²) in [5, 5.41) is 7.16. The second kappa shape index (κ2) is 4.96. The van der Waals surface area contributed by atoms with Gasteiger partial charge in [0.05, 0.1) is 5.69 Å². The third-order valence-corrected chi connectivity index (χ3v) is 2.51. The number of nitrogens with zero attached hydrogens (tertiary/aromatic N) is 2. The summed E-state index contributed by atoms with van der Waals surface area (Å²) in [5.41, 5.74) is 0.927. The maximum atomic E-state index is 11.7. The number of aromatic nitrogens is 2. The number of anilines is 1. The second-order valence-corrected chi connectivity index (χ2v) is 3.79. The Morgan fingerprint density at radius 2 is 2.27 bits per heavy atom. The molecule has 1 amide bonds. The molecule has 1 rings (SSSR count). The minimum Gasteiger partial charge on any atom is -0.311 e. The first-order chi connectivity index (χ1) is 7.08. The van der Waals surface area contributed by atoms with Crippen molar-refractivity contribution in [2.45, 2.75) is 40.7 Å². The lowest BCUT2D eigenvalue weighted by molar-refractivity contribution is -0.119. The predicted octanol–water partition coefficient (Wildman–Crippen LogP) is 2.20. The van der Waals surface area contributed by atoms with Crippen molar-refractivity contribution in [3.05, 3.63) is 11.8 Å². The summed E-state index contributed by atoms with van der Waals surface area (Å²) in [4.78, 5) is 11.7. The normalized spacial score (nSPS) is 12.5. The van der Waals surface area contributed by atoms with Gasteiger partial charge in [0.1, 0.15) is 5.82 Å². The van der Waals surface area contributed by atoms with Crippen LogP contribution in [0, 0.1) is 12.8 Å². The largest absolute Gasteiger partial charge is 0.311 e. The molecule has 0 saturated carbocycles. The van der Waals surface area contributed by atoms with E-state index in [1.807, 2.05) is 33.8 Å². The van der Waals surface area contributed by atoms with Gasteiger partial charge in [0.15, 0.2) is 0 Å². The van der Waals surface area contributed by atoms with Gasteiger partial charge < -0.3 is 5.32 Å². The Kier molecular flexibility index (Phi) is 3.88. The van der Waals surface area contributed by atoms with Crippen LogP contribution in [0.3, 0.4) is 0 Å². The molecule has 0 aliphatic rings. The fourth-order valence-electron chi connectivity index (χ4n) is 1.32. The van der Waals surface area contributed by atoms with E-state index in [4.69, 9.17) is 0 Å². The van der Waals surface area contributed by atoms with Crippen molar-refractivity contribution >= 4 is 11.7 Å². The van der Waals surface area contributed by atoms with Gasteiger partial charge in [-0.3, -0.25) is 4.79 Å². The molecule has 4 nitrogen and oxygen atoms in total. The predicted molar refractivity (Wildman–Crippen MR) is 60.7 cm³/mol. The van der Waals surface area contributed by atoms with Crippen LogP contribution in [0.1, 0.15) is 32.9 Å². The summed E-state index contributed by atoms with van der Waals surface area (Å²) in [6.07, 6.45) is 0.852. The summed E-state index contributed by atoms with van der Waals surface area (Å²) in [6, 6.07) is 1.89. The Labute approximate surface area is 90.7 Å². The summed E-state index contributed by atoms with van der Waals surface area (Å²) >= 11 is 0. The summed E-state index contributed by atoms with van der Waals surface area (Å²) in [5.74, 6) is 0.901. The van der Waals surface area contributed by atoms with Gasteiger partial charge in [0.2, 0.25) is 5.91 Å². The number of amides is 1. The smallest absolute Gasteiger partial charge is 0.228 e. The zero-order valence-electron chi connectivity index (χ0n) is 9.87. The molecule has 1 atom stereocenters. The molecule has 0 saturated heterocycles. The summed E-state index contributed by atoms with van der Waals surface area (Å²) < 4.78 is 1.80. The lowest BCUT2D eigenvalue weighted by Crippen LogP contribution is -2.21. The molecule has 0 aromatic carbocycles. The van der Waals surface area contributed by atoms with Crippen molar-refractivity contribution in [1.29, 1.82) is 0 Å². The third-order valence-electron chi connectivity index (χ3n) is 2.51. The van der Waals surface area contributed by atoms with E-state index in [-0.39, 0.29) is 11.8 Å². The molecule has 1 aromatic rings. The van der Waals surface area contributed by atoms with E-state index in [0.717, 1.165) is 24.5 Å². The van der Waals surface area contributed by atoms with Crippen LogP contribution in [-0.2, 0) is 11.3 Å². The molecule has 0 bridgehead atoms. The summed E-state index contributed by atoms with van der Waals surface area (Å²) in [7, 11) is 0. The minimum absolute atomic E-state index is 0.0468. The van der Waals surface area contributed by atoms with Gasteiger partial charge in [0, 0.05) is 18.5 Å². The highest BCUT2D eigenvalue weighted by Crippen LogP contribution is 2.12. The quantitative estimate of drug-likeness (QED) is 0.826. The SMILES string of the molecule is CCC(C)C(=O)Nc1cc(C)nn1CC. The molecule has 0 fully saturated rings. The Hall–Kier alpha value is -1.32. The lowest BCUT2D eigenvalue weighted by Gasteiger charge is -2.10. The zero-order chi connectivity index (χ0) is 11.4. The van der Waals surface area contributed by atoms with E-state index in [1.54, 1.807) is 4.68 Å². The molecule has 0 spiro atoms. The number of carbonyl (C=O) groups excluding carboxylic acids is 1. The number of rotatable bonds is 4. The first-order valence-corrected chi connectivity index (χ1v) is 5.43. The van der Waals surface area contributed by atoms with Crippen LogP contribution in [-0.4, -0.2) is 15.7 Å². The van der Waals surface area contributed by atoms with Crippen LogP contribution < -0.4 is 5.32 Å². The van der Waals surface area contributed by atoms with Crippen molar-refractivity contribution in [2.24, 2.45) is 5.92 Å². The molecule has 84 valence electrons. The molecule has 1 unspecified atom stereocenters. The van der Waals surface area contributed by atoms with Crippen LogP contribution in [0.2, 0.25) is 0 Å². The molecule has 15 heavy (non-hydrogen) atoms. The first kappa shape index (κ1) is 11.8. The van der Waals surface area contributed by atoms with Gasteiger partial charge in [-0.25, -0.2) is 4.68 Å². The molecule has 0 aliphatic carbocycles. The number of nitrogens with one attached hydrogen (secondary N) is 1. The third kappa shape index (κ3) is 2.81. The van der Waals surface area contributed by atoms with E-state index in [9.17, 15) is 4.79 Å². The average Bonchev–Trinajstić information content (AvgIpc) is 2.57. The number of hydrogen-bond acceptors (Lipinski definition) is 2. The van der Waals surface area contributed by atoms with Crippen LogP contribution in [0.15, 0.2) is 6.07 Å². The Bertz CT molecular complexity index is 344. The molecule has 1 aromatic heterocycles. The Morgan fingerprint density at radius 3 is 2.80 bits per heavy atom. The zero-order valence-corrected chi connectivity index (χ0v) is 9.87. The fraction of sp³-hybridized carbons (Fsp3) is 0.636. The van der Waals surface area contributed by atoms with Gasteiger partial charge in [-0.1, -0.05) is 13.8 Å². The summed E-state index contributed by atoms with van der Waals surface area (Å²) in [6.45, 7) is 8.63. The van der Waals surface area contributed by atoms with Crippen LogP contribution in [0.4, 0.5) is 5.82 Å². The van der Waals surface area contributed by atoms with E-state index in [0.29, 0.717) is 0 Å². The fourth-order valence-corrected chi connectivity index (χ4v) is 1.32. The molecule has 1 heterocycles. The highest BCUT2D eigenvalue weighted by molar-refractivity contribution is 5.91. The van der Waals surface area contributed by atoms with Crippen molar-refractivity contribution in [3.8, 4) is 0 Å². The minimum atomic E-state index is 0.0468. The topological polar surface area (TPSA) is 46.9 Å². The maximum absolute atomic E-state index is 11.7. The van der Waals surface area contributed by atoms with Gasteiger partial charge in [-0.15, -0.1) is 0 Å². The van der Waals surface area contributed by atoms with Crippen molar-refractivity contribution in [1.82, 2.24) is 9.78 Å². The second-order valence-electron chi connectivity index (χ2n) is 3.79. The van der Waals surface area contributed by atoms with Crippen molar-refractivity contribution in [3.63, 3.8) is 0 Å². The maximum Gasteiger partial charge on any atom is 0.228 e. The molecule has 1 N–H and O–H groups in total. The Balaban J connectivity index is 2.75. The molecule has 0 aliphatic heterocycles. The van der Waals surface area contributed by atoms with Crippen LogP contribution in [0.5, 0.6) is 0 Å². The van der Waals surface area contributed by atoms with Crippen molar-refractivity contribution in [2.75, 3.05) is 5.32 Å². The number of carbonyl (C=O) groups is 1. The Morgan fingerprint density at radius 1 is 1.60 bits per heavy atom. The molecular weight excluding hydrogens is 190 g/mol. The van der Waals surface area contributed by atoms with Crippen LogP contribution in [0.25, 0.3) is 0 Å². The van der Waals surface area contributed by atoms with E-state index in [1.165, 1.54) is 0 Å². The van der Waals surface area contributed by atoms with Gasteiger partial charge in [-0.05, 0) is 20.3 Å². The van der Waals surface area contributed by atoms with Gasteiger partial charge >= 0.3 is 0 Å². The highest BCUT2D eigenvalue weighted by Gasteiger charge is 2.13. The van der Waals surface area contributed by atoms with E-state index >= 15 is 0 Å². The van der Waals surface area contributed by atoms with E-state index < -0.39 is 0 Å². The molecular formula is C11H19N3O. The number of aryl methyl sites for hydroxylation is 2. The monoisotopic (exact) mass is 209 g/mol. The molecule has 4 heteroatoms. The van der Waals surface area contributed by atoms with Gasteiger partial charge in [0.25, 0.3) is 0 Å². The van der Waals surface area contributed by atoms with Crippen LogP contribution >= 0.6 is 0 Å². The van der Waals surface area contributed by atoms with E-state index in [2.05, 4.69) is 10.4 Å². The highest BCUT2D eigenvalue weighted by atomic mass is 16.1.